The molecule has 0 fully saturated rings. The third-order valence-corrected chi connectivity index (χ3v) is 0. The molecule has 0 radical (unpaired) electrons. The van der Waals surface area contributed by atoms with Crippen LogP contribution in [0.25, 0.3) is 0 Å². The predicted octanol–water partition coefficient (Wildman–Crippen LogP) is -3.87. The molecule has 0 heterocycles. The summed E-state index contributed by atoms with van der Waals surface area (Å²) in [6.45, 7) is 0. The minimum Gasteiger partial charge on any atom is -0.429 e. The average Bonchev–Trinajstić information content (AvgIpc) is 1.94. The van der Waals surface area contributed by atoms with Crippen molar-refractivity contribution in [3.63, 3.8) is 0 Å². The lowest BCUT2D eigenvalue weighted by molar-refractivity contribution is -0.00282. The maximum absolute atomic E-state index is 10.1. The van der Waals surface area contributed by atoms with Gasteiger partial charge in [-0.25, -0.2) is 0 Å². The molecule has 0 rings (SSSR count). The molecule has 122 valence electrons. The summed E-state index contributed by atoms with van der Waals surface area (Å²) in [6, 6.07) is 0. The zero-order valence-corrected chi connectivity index (χ0v) is 10.8. The maximum atomic E-state index is 10.1. The van der Waals surface area contributed by atoms with Crippen molar-refractivity contribution in [2.45, 2.75) is 0 Å². The van der Waals surface area contributed by atoms with Crippen molar-refractivity contribution >= 4 is 29.6 Å². The first kappa shape index (κ1) is 31.8. The Bertz CT molecular complexity index is 95.8. The molecule has 0 saturated carbocycles. The van der Waals surface area contributed by atoms with E-state index in [1.54, 1.807) is 0 Å². The first-order valence-corrected chi connectivity index (χ1v) is 4.16. The smallest absolute Gasteiger partial charge is 0.429 e. The van der Waals surface area contributed by atoms with Crippen LogP contribution in [0.5, 0.6) is 0 Å². The molecular weight excluding hydrogens is 299 g/mol. The topological polar surface area (TPSA) is 165 Å². The van der Waals surface area contributed by atoms with Crippen LogP contribution >= 0.6 is 0 Å². The Morgan fingerprint density at radius 1 is 0.500 bits per heavy atom. The summed E-state index contributed by atoms with van der Waals surface area (Å²) < 4.78 is 43.0. The summed E-state index contributed by atoms with van der Waals surface area (Å²) in [5, 5.41) is 55.6. The van der Waals surface area contributed by atoms with Crippen molar-refractivity contribution in [2.24, 2.45) is 0 Å². The molecule has 0 aromatic carbocycles. The van der Waals surface area contributed by atoms with Crippen LogP contribution in [-0.2, 0) is 4.37 Å². The summed E-state index contributed by atoms with van der Waals surface area (Å²) in [5.74, 6) is 0. The molecule has 9 nitrogen and oxygen atoms in total. The van der Waals surface area contributed by atoms with Crippen LogP contribution < -0.4 is 0 Å². The van der Waals surface area contributed by atoms with E-state index in [0.29, 0.717) is 0 Å². The summed E-state index contributed by atoms with van der Waals surface area (Å²) in [5.41, 5.74) is 0. The molecule has 0 saturated heterocycles. The Kier molecular flexibility index (Phi) is 43.0. The van der Waals surface area contributed by atoms with Gasteiger partial charge in [0.15, 0.2) is 0 Å². The SMILES string of the molecule is C[O+](C)C.OB(O)F.OB(O)F.OB(O)F.OB(O)F. The van der Waals surface area contributed by atoms with E-state index in [-0.39, 0.29) is 0 Å². The molecule has 0 unspecified atom stereocenters. The van der Waals surface area contributed by atoms with Crippen molar-refractivity contribution in [1.82, 2.24) is 0 Å². The second-order valence-corrected chi connectivity index (χ2v) is 2.47. The van der Waals surface area contributed by atoms with E-state index in [1.165, 1.54) is 0 Å². The Balaban J connectivity index is -0.0000000469. The zero-order chi connectivity index (χ0) is 17.9. The van der Waals surface area contributed by atoms with Crippen molar-refractivity contribution < 1.29 is 61.8 Å². The van der Waals surface area contributed by atoms with Gasteiger partial charge in [-0.15, -0.1) is 0 Å². The van der Waals surface area contributed by atoms with Crippen molar-refractivity contribution in [2.75, 3.05) is 21.3 Å². The van der Waals surface area contributed by atoms with Crippen LogP contribution in [0.1, 0.15) is 0 Å². The monoisotopic (exact) mass is 317 g/mol. The van der Waals surface area contributed by atoms with Gasteiger partial charge in [0.2, 0.25) is 0 Å². The third-order valence-electron chi connectivity index (χ3n) is 0. The van der Waals surface area contributed by atoms with Gasteiger partial charge in [-0.1, -0.05) is 0 Å². The number of halogens is 4. The number of hydrogen-bond acceptors (Lipinski definition) is 8. The molecular formula is C3H17B4F4O9+. The van der Waals surface area contributed by atoms with Gasteiger partial charge in [-0.2, -0.15) is 0 Å². The standard InChI is InChI=1S/C3H9O.4BFH2O2/c1-4(2)3;4*2-1(3)4/h1-3H3;4*3-4H/q+1;;;;. The van der Waals surface area contributed by atoms with E-state index in [2.05, 4.69) is 4.37 Å². The minimum absolute atomic E-state index is 1.92. The lowest BCUT2D eigenvalue weighted by Gasteiger charge is -1.90. The molecule has 20 heavy (non-hydrogen) atoms. The molecule has 0 atom stereocenters. The second kappa shape index (κ2) is 27.0. The minimum atomic E-state index is -2.67. The Morgan fingerprint density at radius 2 is 0.500 bits per heavy atom. The summed E-state index contributed by atoms with van der Waals surface area (Å²) >= 11 is 0. The molecule has 0 aromatic rings. The molecule has 0 aliphatic rings. The molecule has 0 aliphatic carbocycles. The van der Waals surface area contributed by atoms with Crippen LogP contribution in [-0.4, -0.2) is 91.1 Å². The normalized spacial score (nSPS) is 7.20. The van der Waals surface area contributed by atoms with Crippen LogP contribution in [0.15, 0.2) is 0 Å². The van der Waals surface area contributed by atoms with E-state index < -0.39 is 29.6 Å². The predicted molar refractivity (Wildman–Crippen MR) is 64.1 cm³/mol. The van der Waals surface area contributed by atoms with Crippen molar-refractivity contribution in [3.05, 3.63) is 0 Å². The van der Waals surface area contributed by atoms with Gasteiger partial charge < -0.3 is 44.6 Å². The van der Waals surface area contributed by atoms with E-state index in [9.17, 15) is 17.3 Å². The first-order chi connectivity index (χ1) is 8.66. The van der Waals surface area contributed by atoms with Crippen molar-refractivity contribution in [3.8, 4) is 0 Å². The first-order valence-electron chi connectivity index (χ1n) is 4.16. The Labute approximate surface area is 114 Å². The molecule has 0 bridgehead atoms. The largest absolute Gasteiger partial charge is 0.674 e. The quantitative estimate of drug-likeness (QED) is 0.128. The number of hydrogen-bond donors (Lipinski definition) is 8. The van der Waals surface area contributed by atoms with Crippen LogP contribution in [0.2, 0.25) is 0 Å². The highest BCUT2D eigenvalue weighted by molar-refractivity contribution is 6.32. The highest BCUT2D eigenvalue weighted by Crippen LogP contribution is 1.60. The molecule has 0 spiro atoms. The van der Waals surface area contributed by atoms with Gasteiger partial charge in [-0.3, -0.25) is 17.3 Å². The fourth-order valence-electron chi connectivity index (χ4n) is 0. The van der Waals surface area contributed by atoms with Crippen LogP contribution in [0, 0.1) is 0 Å². The Morgan fingerprint density at radius 3 is 0.500 bits per heavy atom. The van der Waals surface area contributed by atoms with Gasteiger partial charge >= 0.3 is 29.6 Å². The fourth-order valence-corrected chi connectivity index (χ4v) is 0. The van der Waals surface area contributed by atoms with E-state index >= 15 is 0 Å². The van der Waals surface area contributed by atoms with Gasteiger partial charge in [-0.05, 0) is 0 Å². The average molecular weight is 316 g/mol. The van der Waals surface area contributed by atoms with Crippen LogP contribution in [0.4, 0.5) is 17.3 Å². The fraction of sp³-hybridized carbons (Fsp3) is 1.00. The Hall–Kier alpha value is -0.380. The van der Waals surface area contributed by atoms with Crippen molar-refractivity contribution in [1.29, 1.82) is 0 Å². The summed E-state index contributed by atoms with van der Waals surface area (Å²) in [6.07, 6.45) is 0. The molecule has 17 heteroatoms. The summed E-state index contributed by atoms with van der Waals surface area (Å²) in [7, 11) is -4.92. The molecule has 0 amide bonds. The lowest BCUT2D eigenvalue weighted by atomic mass is 10.3. The molecule has 0 aliphatic heterocycles. The highest BCUT2D eigenvalue weighted by atomic mass is 19.1. The molecule has 0 aromatic heterocycles. The lowest BCUT2D eigenvalue weighted by Crippen LogP contribution is -1.98. The second-order valence-electron chi connectivity index (χ2n) is 2.47. The van der Waals surface area contributed by atoms with E-state index in [0.717, 1.165) is 0 Å². The highest BCUT2D eigenvalue weighted by Gasteiger charge is 1.98. The summed E-state index contributed by atoms with van der Waals surface area (Å²) in [4.78, 5) is 0. The van der Waals surface area contributed by atoms with Gasteiger partial charge in [0.05, 0.1) is 0 Å². The van der Waals surface area contributed by atoms with Crippen LogP contribution in [0.3, 0.4) is 0 Å². The van der Waals surface area contributed by atoms with E-state index in [1.807, 2.05) is 21.3 Å². The maximum Gasteiger partial charge on any atom is 0.674 e. The third kappa shape index (κ3) is 33700. The van der Waals surface area contributed by atoms with Gasteiger partial charge in [0, 0.05) is 0 Å². The van der Waals surface area contributed by atoms with E-state index in [4.69, 9.17) is 40.2 Å². The van der Waals surface area contributed by atoms with Gasteiger partial charge in [0.25, 0.3) is 0 Å². The number of rotatable bonds is 0. The van der Waals surface area contributed by atoms with Gasteiger partial charge in [0.1, 0.15) is 21.3 Å². The molecule has 8 N–H and O–H groups in total. The zero-order valence-electron chi connectivity index (χ0n) is 10.8.